The average Bonchev–Trinajstić information content (AvgIpc) is 2.86. The molecule has 5 nitrogen and oxygen atoms in total. The van der Waals surface area contributed by atoms with Gasteiger partial charge in [-0.3, -0.25) is 9.67 Å². The molecule has 0 aliphatic heterocycles. The van der Waals surface area contributed by atoms with E-state index in [1.807, 2.05) is 43.0 Å². The molecule has 3 rings (SSSR count). The van der Waals surface area contributed by atoms with Crippen molar-refractivity contribution in [3.05, 3.63) is 54.0 Å². The molecule has 1 unspecified atom stereocenters. The van der Waals surface area contributed by atoms with Crippen LogP contribution in [0.4, 0.5) is 0 Å². The molecule has 3 aromatic rings. The summed E-state index contributed by atoms with van der Waals surface area (Å²) in [5.41, 5.74) is 2.89. The van der Waals surface area contributed by atoms with Crippen LogP contribution >= 0.6 is 0 Å². The number of fused-ring (bicyclic) bond motifs is 1. The first-order valence-electron chi connectivity index (χ1n) is 6.84. The maximum absolute atomic E-state index is 5.43. The Labute approximate surface area is 123 Å². The number of nitrogens with one attached hydrogen (secondary N) is 1. The summed E-state index contributed by atoms with van der Waals surface area (Å²) in [6, 6.07) is 11.8. The molecule has 0 fully saturated rings. The van der Waals surface area contributed by atoms with Crippen LogP contribution in [0.2, 0.25) is 0 Å². The highest BCUT2D eigenvalue weighted by Gasteiger charge is 2.23. The van der Waals surface area contributed by atoms with Crippen molar-refractivity contribution in [1.82, 2.24) is 20.1 Å². The molecule has 1 N–H and O–H groups in total. The summed E-state index contributed by atoms with van der Waals surface area (Å²) in [5, 5.41) is 9.09. The van der Waals surface area contributed by atoms with Crippen LogP contribution in [-0.2, 0) is 7.05 Å². The van der Waals surface area contributed by atoms with Crippen LogP contribution in [0.5, 0.6) is 5.75 Å². The number of pyridine rings is 1. The van der Waals surface area contributed by atoms with Gasteiger partial charge in [0.25, 0.3) is 0 Å². The summed E-state index contributed by atoms with van der Waals surface area (Å²) in [6.07, 6.45) is 1.77. The van der Waals surface area contributed by atoms with Gasteiger partial charge < -0.3 is 10.1 Å². The molecule has 2 heterocycles. The van der Waals surface area contributed by atoms with Gasteiger partial charge >= 0.3 is 0 Å². The van der Waals surface area contributed by atoms with Crippen LogP contribution in [0, 0.1) is 0 Å². The number of nitrogens with zero attached hydrogens (tertiary/aromatic N) is 3. The SMILES string of the molecule is CNC(c1ncccc1OC)c1nn(C)c2ccccc12. The first kappa shape index (κ1) is 13.6. The Morgan fingerprint density at radius 3 is 2.71 bits per heavy atom. The maximum Gasteiger partial charge on any atom is 0.142 e. The average molecular weight is 282 g/mol. The number of rotatable bonds is 4. The van der Waals surface area contributed by atoms with Crippen LogP contribution in [-0.4, -0.2) is 28.9 Å². The third-order valence-electron chi connectivity index (χ3n) is 3.64. The van der Waals surface area contributed by atoms with E-state index in [2.05, 4.69) is 27.5 Å². The zero-order valence-corrected chi connectivity index (χ0v) is 12.4. The van der Waals surface area contributed by atoms with Crippen LogP contribution in [0.3, 0.4) is 0 Å². The second-order valence-electron chi connectivity index (χ2n) is 4.84. The van der Waals surface area contributed by atoms with Gasteiger partial charge in [0, 0.05) is 18.6 Å². The molecule has 5 heteroatoms. The summed E-state index contributed by atoms with van der Waals surface area (Å²) in [7, 11) is 5.51. The van der Waals surface area contributed by atoms with E-state index >= 15 is 0 Å². The molecule has 0 spiro atoms. The van der Waals surface area contributed by atoms with E-state index in [4.69, 9.17) is 4.74 Å². The number of aromatic nitrogens is 3. The number of hydrogen-bond acceptors (Lipinski definition) is 4. The number of para-hydroxylation sites is 1. The smallest absolute Gasteiger partial charge is 0.142 e. The van der Waals surface area contributed by atoms with Gasteiger partial charge in [0.1, 0.15) is 11.4 Å². The second kappa shape index (κ2) is 5.54. The van der Waals surface area contributed by atoms with E-state index in [1.54, 1.807) is 13.3 Å². The molecular weight excluding hydrogens is 264 g/mol. The van der Waals surface area contributed by atoms with Crippen molar-refractivity contribution in [3.8, 4) is 5.75 Å². The number of benzene rings is 1. The van der Waals surface area contributed by atoms with Crippen molar-refractivity contribution in [3.63, 3.8) is 0 Å². The summed E-state index contributed by atoms with van der Waals surface area (Å²) in [4.78, 5) is 4.48. The molecule has 0 bridgehead atoms. The number of aryl methyl sites for hydroxylation is 1. The molecule has 0 saturated heterocycles. The van der Waals surface area contributed by atoms with Crippen LogP contribution in [0.25, 0.3) is 10.9 Å². The topological polar surface area (TPSA) is 52.0 Å². The fraction of sp³-hybridized carbons (Fsp3) is 0.250. The third-order valence-corrected chi connectivity index (χ3v) is 3.64. The molecule has 1 atom stereocenters. The first-order valence-corrected chi connectivity index (χ1v) is 6.84. The summed E-state index contributed by atoms with van der Waals surface area (Å²) in [6.45, 7) is 0. The van der Waals surface area contributed by atoms with E-state index in [9.17, 15) is 0 Å². The molecular formula is C16H18N4O. The van der Waals surface area contributed by atoms with Gasteiger partial charge in [-0.15, -0.1) is 0 Å². The van der Waals surface area contributed by atoms with Gasteiger partial charge in [0.15, 0.2) is 0 Å². The number of hydrogen-bond donors (Lipinski definition) is 1. The van der Waals surface area contributed by atoms with Crippen molar-refractivity contribution >= 4 is 10.9 Å². The normalized spacial score (nSPS) is 12.5. The van der Waals surface area contributed by atoms with E-state index < -0.39 is 0 Å². The molecule has 0 radical (unpaired) electrons. The maximum atomic E-state index is 5.43. The third kappa shape index (κ3) is 2.25. The van der Waals surface area contributed by atoms with E-state index in [-0.39, 0.29) is 6.04 Å². The lowest BCUT2D eigenvalue weighted by Gasteiger charge is -2.16. The highest BCUT2D eigenvalue weighted by Crippen LogP contribution is 2.31. The Bertz CT molecular complexity index is 766. The van der Waals surface area contributed by atoms with Gasteiger partial charge in [-0.2, -0.15) is 5.10 Å². The molecule has 0 amide bonds. The fourth-order valence-electron chi connectivity index (χ4n) is 2.65. The van der Waals surface area contributed by atoms with Gasteiger partial charge in [0.05, 0.1) is 24.4 Å². The molecule has 108 valence electrons. The minimum absolute atomic E-state index is 0.118. The highest BCUT2D eigenvalue weighted by atomic mass is 16.5. The predicted molar refractivity (Wildman–Crippen MR) is 82.4 cm³/mol. The fourth-order valence-corrected chi connectivity index (χ4v) is 2.65. The lowest BCUT2D eigenvalue weighted by atomic mass is 10.0. The minimum Gasteiger partial charge on any atom is -0.495 e. The summed E-state index contributed by atoms with van der Waals surface area (Å²) >= 11 is 0. The lowest BCUT2D eigenvalue weighted by molar-refractivity contribution is 0.401. The van der Waals surface area contributed by atoms with Gasteiger partial charge in [-0.1, -0.05) is 18.2 Å². The zero-order valence-electron chi connectivity index (χ0n) is 12.4. The largest absolute Gasteiger partial charge is 0.495 e. The van der Waals surface area contributed by atoms with Gasteiger partial charge in [-0.05, 0) is 25.2 Å². The van der Waals surface area contributed by atoms with E-state index in [1.165, 1.54) is 0 Å². The Kier molecular flexibility index (Phi) is 3.58. The zero-order chi connectivity index (χ0) is 14.8. The van der Waals surface area contributed by atoms with Crippen molar-refractivity contribution in [1.29, 1.82) is 0 Å². The first-order chi connectivity index (χ1) is 10.3. The van der Waals surface area contributed by atoms with Crippen LogP contribution < -0.4 is 10.1 Å². The predicted octanol–water partition coefficient (Wildman–Crippen LogP) is 2.29. The molecule has 2 aromatic heterocycles. The van der Waals surface area contributed by atoms with Crippen molar-refractivity contribution < 1.29 is 4.74 Å². The molecule has 21 heavy (non-hydrogen) atoms. The number of methoxy groups -OCH3 is 1. The van der Waals surface area contributed by atoms with Gasteiger partial charge in [-0.25, -0.2) is 0 Å². The van der Waals surface area contributed by atoms with Crippen LogP contribution in [0.15, 0.2) is 42.6 Å². The second-order valence-corrected chi connectivity index (χ2v) is 4.84. The van der Waals surface area contributed by atoms with E-state index in [0.29, 0.717) is 0 Å². The standard InChI is InChI=1S/C16H18N4O/c1-17-16(15-13(21-3)9-6-10-18-15)14-11-7-4-5-8-12(11)20(2)19-14/h4-10,16-17H,1-3H3. The lowest BCUT2D eigenvalue weighted by Crippen LogP contribution is -2.20. The summed E-state index contributed by atoms with van der Waals surface area (Å²) < 4.78 is 7.32. The molecule has 0 aliphatic carbocycles. The molecule has 0 saturated carbocycles. The quantitative estimate of drug-likeness (QED) is 0.797. The Balaban J connectivity index is 2.19. The Hall–Kier alpha value is -2.40. The van der Waals surface area contributed by atoms with E-state index in [0.717, 1.165) is 28.0 Å². The van der Waals surface area contributed by atoms with Gasteiger partial charge in [0.2, 0.25) is 0 Å². The summed E-state index contributed by atoms with van der Waals surface area (Å²) in [5.74, 6) is 0.756. The number of ether oxygens (including phenoxy) is 1. The highest BCUT2D eigenvalue weighted by molar-refractivity contribution is 5.82. The minimum atomic E-state index is -0.118. The molecule has 0 aliphatic rings. The van der Waals surface area contributed by atoms with Crippen molar-refractivity contribution in [2.24, 2.45) is 7.05 Å². The Morgan fingerprint density at radius 2 is 1.95 bits per heavy atom. The monoisotopic (exact) mass is 282 g/mol. The Morgan fingerprint density at radius 1 is 1.14 bits per heavy atom. The molecule has 1 aromatic carbocycles. The van der Waals surface area contributed by atoms with Crippen LogP contribution in [0.1, 0.15) is 17.4 Å². The van der Waals surface area contributed by atoms with Crippen molar-refractivity contribution in [2.75, 3.05) is 14.2 Å². The van der Waals surface area contributed by atoms with Crippen molar-refractivity contribution in [2.45, 2.75) is 6.04 Å².